The molecule has 0 amide bonds. The number of benzene rings is 1. The molecule has 19 heavy (non-hydrogen) atoms. The second-order valence-corrected chi connectivity index (χ2v) is 4.48. The summed E-state index contributed by atoms with van der Waals surface area (Å²) in [5, 5.41) is 11.5. The van der Waals surface area contributed by atoms with Gasteiger partial charge in [0.25, 0.3) is 0 Å². The Bertz CT molecular complexity index is 715. The minimum absolute atomic E-state index is 0.309. The standard InChI is InChI=1S/C13H15N5O/c1-8-6-11-15-16-13(18(11)17-8)12(19-2)9-4-3-5-10(14)7-9/h3-7,12,17H,14H2,1-2H3. The molecule has 2 aromatic heterocycles. The van der Waals surface area contributed by atoms with Gasteiger partial charge >= 0.3 is 0 Å². The minimum atomic E-state index is -0.309. The first-order valence-corrected chi connectivity index (χ1v) is 5.98. The molecule has 0 spiro atoms. The molecule has 0 saturated carbocycles. The Hall–Kier alpha value is -2.34. The molecular weight excluding hydrogens is 242 g/mol. The fourth-order valence-electron chi connectivity index (χ4n) is 2.20. The Labute approximate surface area is 110 Å². The minimum Gasteiger partial charge on any atom is -0.399 e. The average molecular weight is 257 g/mol. The van der Waals surface area contributed by atoms with Crippen molar-refractivity contribution >= 4 is 11.3 Å². The van der Waals surface area contributed by atoms with E-state index in [1.807, 2.05) is 41.8 Å². The zero-order valence-electron chi connectivity index (χ0n) is 10.8. The molecule has 1 unspecified atom stereocenters. The molecule has 3 rings (SSSR count). The number of hydrogen-bond acceptors (Lipinski definition) is 4. The molecule has 0 aliphatic heterocycles. The smallest absolute Gasteiger partial charge is 0.186 e. The molecule has 0 saturated heterocycles. The van der Waals surface area contributed by atoms with Crippen LogP contribution in [-0.4, -0.2) is 26.9 Å². The van der Waals surface area contributed by atoms with E-state index in [1.54, 1.807) is 7.11 Å². The second-order valence-electron chi connectivity index (χ2n) is 4.48. The predicted octanol–water partition coefficient (Wildman–Crippen LogP) is 1.68. The maximum absolute atomic E-state index is 5.82. The number of nitrogen functional groups attached to an aromatic ring is 1. The number of aromatic nitrogens is 4. The van der Waals surface area contributed by atoms with E-state index >= 15 is 0 Å². The highest BCUT2D eigenvalue weighted by Gasteiger charge is 2.21. The first kappa shape index (κ1) is 11.7. The molecule has 3 aromatic rings. The number of nitrogens with one attached hydrogen (secondary N) is 1. The van der Waals surface area contributed by atoms with Gasteiger partial charge in [-0.25, -0.2) is 4.52 Å². The van der Waals surface area contributed by atoms with Crippen molar-refractivity contribution in [3.05, 3.63) is 47.4 Å². The molecule has 0 bridgehead atoms. The van der Waals surface area contributed by atoms with E-state index in [-0.39, 0.29) is 6.10 Å². The summed E-state index contributed by atoms with van der Waals surface area (Å²) >= 11 is 0. The highest BCUT2D eigenvalue weighted by Crippen LogP contribution is 2.25. The number of aryl methyl sites for hydroxylation is 1. The van der Waals surface area contributed by atoms with Crippen molar-refractivity contribution in [2.75, 3.05) is 12.8 Å². The lowest BCUT2D eigenvalue weighted by atomic mass is 10.1. The maximum Gasteiger partial charge on any atom is 0.186 e. The van der Waals surface area contributed by atoms with Crippen molar-refractivity contribution < 1.29 is 4.74 Å². The number of hydrogen-bond donors (Lipinski definition) is 2. The van der Waals surface area contributed by atoms with Crippen LogP contribution in [0.15, 0.2) is 30.3 Å². The zero-order chi connectivity index (χ0) is 13.4. The lowest BCUT2D eigenvalue weighted by Crippen LogP contribution is -2.09. The summed E-state index contributed by atoms with van der Waals surface area (Å²) in [5.41, 5.74) is 9.26. The summed E-state index contributed by atoms with van der Waals surface area (Å²) in [6, 6.07) is 9.51. The molecule has 0 aliphatic rings. The van der Waals surface area contributed by atoms with Crippen LogP contribution >= 0.6 is 0 Å². The van der Waals surface area contributed by atoms with E-state index in [1.165, 1.54) is 0 Å². The average Bonchev–Trinajstić information content (AvgIpc) is 2.91. The Morgan fingerprint density at radius 2 is 2.16 bits per heavy atom. The number of anilines is 1. The van der Waals surface area contributed by atoms with Gasteiger partial charge in [0, 0.05) is 24.6 Å². The molecule has 6 nitrogen and oxygen atoms in total. The van der Waals surface area contributed by atoms with Crippen LogP contribution in [0.2, 0.25) is 0 Å². The number of fused-ring (bicyclic) bond motifs is 1. The van der Waals surface area contributed by atoms with Gasteiger partial charge in [-0.1, -0.05) is 12.1 Å². The van der Waals surface area contributed by atoms with Crippen molar-refractivity contribution in [2.24, 2.45) is 0 Å². The molecule has 0 aliphatic carbocycles. The van der Waals surface area contributed by atoms with Crippen molar-refractivity contribution in [1.29, 1.82) is 0 Å². The lowest BCUT2D eigenvalue weighted by molar-refractivity contribution is 0.127. The van der Waals surface area contributed by atoms with Crippen LogP contribution in [0.5, 0.6) is 0 Å². The highest BCUT2D eigenvalue weighted by molar-refractivity contribution is 5.44. The highest BCUT2D eigenvalue weighted by atomic mass is 16.5. The van der Waals surface area contributed by atoms with Crippen molar-refractivity contribution in [3.8, 4) is 0 Å². The number of methoxy groups -OCH3 is 1. The summed E-state index contributed by atoms with van der Waals surface area (Å²) in [6.45, 7) is 1.97. The fourth-order valence-corrected chi connectivity index (χ4v) is 2.20. The van der Waals surface area contributed by atoms with Gasteiger partial charge in [0.1, 0.15) is 6.10 Å². The van der Waals surface area contributed by atoms with Gasteiger partial charge in [-0.2, -0.15) is 0 Å². The third-order valence-electron chi connectivity index (χ3n) is 3.03. The second kappa shape index (κ2) is 4.40. The van der Waals surface area contributed by atoms with Gasteiger partial charge in [-0.3, -0.25) is 5.10 Å². The third-order valence-corrected chi connectivity index (χ3v) is 3.03. The molecule has 2 heterocycles. The number of H-pyrrole nitrogens is 1. The Kier molecular flexibility index (Phi) is 2.72. The number of rotatable bonds is 3. The molecule has 98 valence electrons. The monoisotopic (exact) mass is 257 g/mol. The first-order valence-electron chi connectivity index (χ1n) is 5.98. The van der Waals surface area contributed by atoms with E-state index in [9.17, 15) is 0 Å². The van der Waals surface area contributed by atoms with Gasteiger partial charge in [0.15, 0.2) is 11.5 Å². The van der Waals surface area contributed by atoms with Crippen LogP contribution in [0.4, 0.5) is 5.69 Å². The molecular formula is C13H15N5O. The van der Waals surface area contributed by atoms with Gasteiger partial charge in [-0.15, -0.1) is 10.2 Å². The van der Waals surface area contributed by atoms with Gasteiger partial charge in [-0.05, 0) is 24.6 Å². The SMILES string of the molecule is COC(c1cccc(N)c1)c1nnc2cc(C)[nH]n12. The molecule has 1 aromatic carbocycles. The number of nitrogens with zero attached hydrogens (tertiary/aromatic N) is 3. The summed E-state index contributed by atoms with van der Waals surface area (Å²) in [7, 11) is 1.64. The number of ether oxygens (including phenoxy) is 1. The largest absolute Gasteiger partial charge is 0.399 e. The Morgan fingerprint density at radius 3 is 2.89 bits per heavy atom. The van der Waals surface area contributed by atoms with Crippen molar-refractivity contribution in [1.82, 2.24) is 19.8 Å². The van der Waals surface area contributed by atoms with Gasteiger partial charge < -0.3 is 10.5 Å². The van der Waals surface area contributed by atoms with E-state index < -0.39 is 0 Å². The zero-order valence-corrected chi connectivity index (χ0v) is 10.8. The first-order chi connectivity index (χ1) is 9.19. The van der Waals surface area contributed by atoms with Gasteiger partial charge in [0.05, 0.1) is 0 Å². The Balaban J connectivity index is 2.11. The maximum atomic E-state index is 5.82. The fraction of sp³-hybridized carbons (Fsp3) is 0.231. The van der Waals surface area contributed by atoms with Crippen LogP contribution in [0, 0.1) is 6.92 Å². The van der Waals surface area contributed by atoms with Crippen molar-refractivity contribution in [3.63, 3.8) is 0 Å². The number of aromatic amines is 1. The quantitative estimate of drug-likeness (QED) is 0.699. The van der Waals surface area contributed by atoms with Crippen molar-refractivity contribution in [2.45, 2.75) is 13.0 Å². The summed E-state index contributed by atoms with van der Waals surface area (Å²) < 4.78 is 7.38. The molecule has 0 fully saturated rings. The predicted molar refractivity (Wildman–Crippen MR) is 71.8 cm³/mol. The molecule has 1 atom stereocenters. The van der Waals surface area contributed by atoms with E-state index in [0.717, 1.165) is 16.9 Å². The molecule has 3 N–H and O–H groups in total. The van der Waals surface area contributed by atoms with Gasteiger partial charge in [0.2, 0.25) is 0 Å². The van der Waals surface area contributed by atoms with Crippen LogP contribution in [0.1, 0.15) is 23.2 Å². The topological polar surface area (TPSA) is 81.2 Å². The van der Waals surface area contributed by atoms with Crippen LogP contribution < -0.4 is 5.73 Å². The summed E-state index contributed by atoms with van der Waals surface area (Å²) in [5.74, 6) is 0.705. The summed E-state index contributed by atoms with van der Waals surface area (Å²) in [6.07, 6.45) is -0.309. The number of nitrogens with two attached hydrogens (primary N) is 1. The van der Waals surface area contributed by atoms with Crippen LogP contribution in [0.3, 0.4) is 0 Å². The Morgan fingerprint density at radius 1 is 1.32 bits per heavy atom. The normalized spacial score (nSPS) is 12.9. The molecule has 0 radical (unpaired) electrons. The van der Waals surface area contributed by atoms with Crippen LogP contribution in [0.25, 0.3) is 5.65 Å². The van der Waals surface area contributed by atoms with E-state index in [4.69, 9.17) is 10.5 Å². The van der Waals surface area contributed by atoms with E-state index in [0.29, 0.717) is 11.5 Å². The van der Waals surface area contributed by atoms with Crippen LogP contribution in [-0.2, 0) is 4.74 Å². The lowest BCUT2D eigenvalue weighted by Gasteiger charge is -2.13. The molecule has 6 heteroatoms. The summed E-state index contributed by atoms with van der Waals surface area (Å²) in [4.78, 5) is 0. The third kappa shape index (κ3) is 1.96. The van der Waals surface area contributed by atoms with E-state index in [2.05, 4.69) is 15.3 Å².